The molecular weight excluding hydrogens is 298 g/mol. The van der Waals surface area contributed by atoms with Gasteiger partial charge in [0.2, 0.25) is 0 Å². The molecule has 0 bridgehead atoms. The highest BCUT2D eigenvalue weighted by molar-refractivity contribution is 7.80. The van der Waals surface area contributed by atoms with Gasteiger partial charge in [-0.05, 0) is 26.1 Å². The van der Waals surface area contributed by atoms with Crippen molar-refractivity contribution in [3.63, 3.8) is 0 Å². The van der Waals surface area contributed by atoms with E-state index in [2.05, 4.69) is 15.6 Å². The number of nitrogens with one attached hydrogen (secondary N) is 1. The molecule has 9 heteroatoms. The van der Waals surface area contributed by atoms with Gasteiger partial charge in [-0.3, -0.25) is 15.2 Å². The maximum absolute atomic E-state index is 12.1. The van der Waals surface area contributed by atoms with Gasteiger partial charge in [0.05, 0.1) is 5.69 Å². The van der Waals surface area contributed by atoms with E-state index in [0.29, 0.717) is 27.0 Å². The Morgan fingerprint density at radius 2 is 2.25 bits per heavy atom. The molecule has 2 aromatic rings. The summed E-state index contributed by atoms with van der Waals surface area (Å²) < 4.78 is 5.00. The van der Waals surface area contributed by atoms with Crippen LogP contribution in [-0.4, -0.2) is 33.2 Å². The van der Waals surface area contributed by atoms with Crippen LogP contribution in [0.25, 0.3) is 10.7 Å². The van der Waals surface area contributed by atoms with Gasteiger partial charge in [0.1, 0.15) is 21.3 Å². The first-order chi connectivity index (χ1) is 9.38. The summed E-state index contributed by atoms with van der Waals surface area (Å²) >= 11 is 5.99. The number of carbonyl (C=O) groups excluding carboxylic acids is 1. The summed E-state index contributed by atoms with van der Waals surface area (Å²) in [6, 6.07) is 1.76. The summed E-state index contributed by atoms with van der Waals surface area (Å²) in [4.78, 5) is 16.9. The Bertz CT molecular complexity index is 664. The molecule has 0 aliphatic carbocycles. The number of hydrogen-bond donors (Lipinski definition) is 2. The molecule has 0 saturated heterocycles. The predicted octanol–water partition coefficient (Wildman–Crippen LogP) is 1.24. The van der Waals surface area contributed by atoms with Crippen molar-refractivity contribution in [2.75, 3.05) is 7.05 Å². The molecule has 106 valence electrons. The zero-order valence-corrected chi connectivity index (χ0v) is 12.8. The van der Waals surface area contributed by atoms with E-state index in [-0.39, 0.29) is 11.0 Å². The number of amides is 1. The van der Waals surface area contributed by atoms with Crippen LogP contribution in [0.1, 0.15) is 21.1 Å². The van der Waals surface area contributed by atoms with E-state index in [0.717, 1.165) is 0 Å². The van der Waals surface area contributed by atoms with Crippen molar-refractivity contribution in [3.05, 3.63) is 22.4 Å². The lowest BCUT2D eigenvalue weighted by molar-refractivity contribution is 0.0891. The third-order valence-electron chi connectivity index (χ3n) is 2.45. The smallest absolute Gasteiger partial charge is 0.281 e. The number of hydrogen-bond acceptors (Lipinski definition) is 6. The number of nitrogens with two attached hydrogens (primary N) is 1. The van der Waals surface area contributed by atoms with E-state index >= 15 is 0 Å². The third kappa shape index (κ3) is 2.94. The largest absolute Gasteiger partial charge is 0.375 e. The van der Waals surface area contributed by atoms with E-state index in [1.165, 1.54) is 16.3 Å². The molecule has 0 fully saturated rings. The molecule has 0 aliphatic heterocycles. The first kappa shape index (κ1) is 14.4. The summed E-state index contributed by atoms with van der Waals surface area (Å²) in [5.41, 5.74) is 9.19. The van der Waals surface area contributed by atoms with Crippen LogP contribution in [0.4, 0.5) is 0 Å². The molecular formula is C11H13N5O2S2. The summed E-state index contributed by atoms with van der Waals surface area (Å²) in [5, 5.41) is 5.86. The lowest BCUT2D eigenvalue weighted by Crippen LogP contribution is -2.45. The molecule has 2 aromatic heterocycles. The van der Waals surface area contributed by atoms with E-state index in [9.17, 15) is 4.79 Å². The molecule has 2 heterocycles. The first-order valence-corrected chi connectivity index (χ1v) is 6.86. The average molecular weight is 311 g/mol. The SMILES string of the molecule is Cc1cc(-c2nc(C)c(C(=O)NN(C)C(N)=S)s2)no1. The van der Waals surface area contributed by atoms with Crippen LogP contribution < -0.4 is 11.2 Å². The molecule has 2 rings (SSSR count). The second-order valence-corrected chi connectivity index (χ2v) is 5.51. The van der Waals surface area contributed by atoms with Gasteiger partial charge in [0.25, 0.3) is 5.91 Å². The Hall–Kier alpha value is -2.00. The number of thiazole rings is 1. The molecule has 0 atom stereocenters. The summed E-state index contributed by atoms with van der Waals surface area (Å²) in [7, 11) is 1.57. The molecule has 20 heavy (non-hydrogen) atoms. The topological polar surface area (TPSA) is 97.3 Å². The lowest BCUT2D eigenvalue weighted by atomic mass is 10.3. The van der Waals surface area contributed by atoms with Crippen LogP contribution in [0, 0.1) is 13.8 Å². The number of aromatic nitrogens is 2. The minimum absolute atomic E-state index is 0.0767. The number of nitrogens with zero attached hydrogens (tertiary/aromatic N) is 3. The van der Waals surface area contributed by atoms with Crippen LogP contribution in [0.15, 0.2) is 10.6 Å². The minimum Gasteiger partial charge on any atom is -0.375 e. The number of hydrazine groups is 1. The van der Waals surface area contributed by atoms with Gasteiger partial charge < -0.3 is 10.3 Å². The second-order valence-electron chi connectivity index (χ2n) is 4.09. The van der Waals surface area contributed by atoms with Gasteiger partial charge in [-0.25, -0.2) is 4.98 Å². The number of aryl methyl sites for hydroxylation is 2. The second kappa shape index (κ2) is 5.55. The number of carbonyl (C=O) groups is 1. The van der Waals surface area contributed by atoms with Crippen LogP contribution in [0.3, 0.4) is 0 Å². The summed E-state index contributed by atoms with van der Waals surface area (Å²) in [6.07, 6.45) is 0. The quantitative estimate of drug-likeness (QED) is 0.636. The van der Waals surface area contributed by atoms with Crippen molar-refractivity contribution in [3.8, 4) is 10.7 Å². The normalized spacial score (nSPS) is 10.3. The number of rotatable bonds is 2. The lowest BCUT2D eigenvalue weighted by Gasteiger charge is -2.17. The first-order valence-electron chi connectivity index (χ1n) is 5.63. The molecule has 0 spiro atoms. The Kier molecular flexibility index (Phi) is 4.00. The average Bonchev–Trinajstić information content (AvgIpc) is 2.95. The van der Waals surface area contributed by atoms with Gasteiger partial charge in [0, 0.05) is 13.1 Å². The van der Waals surface area contributed by atoms with E-state index in [4.69, 9.17) is 22.5 Å². The molecule has 0 aromatic carbocycles. The molecule has 7 nitrogen and oxygen atoms in total. The zero-order chi connectivity index (χ0) is 14.9. The highest BCUT2D eigenvalue weighted by Crippen LogP contribution is 2.27. The highest BCUT2D eigenvalue weighted by Gasteiger charge is 2.19. The summed E-state index contributed by atoms with van der Waals surface area (Å²) in [5.74, 6) is 0.369. The van der Waals surface area contributed by atoms with Crippen LogP contribution in [0.2, 0.25) is 0 Å². The number of thiocarbonyl (C=S) groups is 1. The predicted molar refractivity (Wildman–Crippen MR) is 79.1 cm³/mol. The molecule has 0 saturated carbocycles. The standard InChI is InChI=1S/C11H13N5O2S2/c1-5-4-7(15-18-5)10-13-6(2)8(20-10)9(17)14-16(3)11(12)19/h4H,1-3H3,(H2,12,19)(H,14,17). The fourth-order valence-corrected chi connectivity index (χ4v) is 2.40. The van der Waals surface area contributed by atoms with Crippen molar-refractivity contribution in [2.24, 2.45) is 5.73 Å². The van der Waals surface area contributed by atoms with Gasteiger partial charge >= 0.3 is 0 Å². The monoisotopic (exact) mass is 311 g/mol. The highest BCUT2D eigenvalue weighted by atomic mass is 32.1. The van der Waals surface area contributed by atoms with Gasteiger partial charge in [0.15, 0.2) is 5.11 Å². The van der Waals surface area contributed by atoms with Crippen LogP contribution in [0.5, 0.6) is 0 Å². The zero-order valence-electron chi connectivity index (χ0n) is 11.1. The molecule has 0 aliphatic rings. The van der Waals surface area contributed by atoms with Gasteiger partial charge in [-0.15, -0.1) is 11.3 Å². The van der Waals surface area contributed by atoms with E-state index < -0.39 is 0 Å². The Labute approximate surface area is 124 Å². The van der Waals surface area contributed by atoms with E-state index in [1.54, 1.807) is 27.0 Å². The molecule has 3 N–H and O–H groups in total. The fraction of sp³-hybridized carbons (Fsp3) is 0.273. The molecule has 0 unspecified atom stereocenters. The van der Waals surface area contributed by atoms with Crippen molar-refractivity contribution >= 4 is 34.6 Å². The Balaban J connectivity index is 2.23. The Morgan fingerprint density at radius 3 is 2.80 bits per heavy atom. The van der Waals surface area contributed by atoms with Crippen molar-refractivity contribution in [1.29, 1.82) is 0 Å². The van der Waals surface area contributed by atoms with Crippen LogP contribution in [-0.2, 0) is 0 Å². The van der Waals surface area contributed by atoms with Crippen molar-refractivity contribution < 1.29 is 9.32 Å². The Morgan fingerprint density at radius 1 is 1.55 bits per heavy atom. The van der Waals surface area contributed by atoms with E-state index in [1.807, 2.05) is 0 Å². The van der Waals surface area contributed by atoms with Crippen molar-refractivity contribution in [1.82, 2.24) is 20.6 Å². The maximum Gasteiger partial charge on any atom is 0.281 e. The van der Waals surface area contributed by atoms with Crippen LogP contribution >= 0.6 is 23.6 Å². The van der Waals surface area contributed by atoms with Gasteiger partial charge in [-0.1, -0.05) is 5.16 Å². The third-order valence-corrected chi connectivity index (χ3v) is 3.90. The molecule has 1 amide bonds. The summed E-state index contributed by atoms with van der Waals surface area (Å²) in [6.45, 7) is 3.55. The molecule has 0 radical (unpaired) electrons. The van der Waals surface area contributed by atoms with Crippen molar-refractivity contribution in [2.45, 2.75) is 13.8 Å². The minimum atomic E-state index is -0.318. The van der Waals surface area contributed by atoms with Gasteiger partial charge in [-0.2, -0.15) is 0 Å². The maximum atomic E-state index is 12.1. The fourth-order valence-electron chi connectivity index (χ4n) is 1.44.